The maximum Gasteiger partial charge on any atom is 0.0641 e. The molecule has 0 saturated carbocycles. The van der Waals surface area contributed by atoms with Crippen molar-refractivity contribution in [2.24, 2.45) is 0 Å². The molecule has 0 aliphatic heterocycles. The van der Waals surface area contributed by atoms with E-state index in [0.717, 1.165) is 0 Å². The number of benzene rings is 8. The van der Waals surface area contributed by atoms with Crippen LogP contribution in [0.25, 0.3) is 82.5 Å². The van der Waals surface area contributed by atoms with Gasteiger partial charge in [-0.1, -0.05) is 147 Å². The molecule has 0 spiro atoms. The van der Waals surface area contributed by atoms with Gasteiger partial charge in [0, 0.05) is 43.7 Å². The van der Waals surface area contributed by atoms with Crippen LogP contribution in [0.5, 0.6) is 0 Å². The third-order valence-electron chi connectivity index (χ3n) is 10.6. The molecule has 3 aromatic heterocycles. The molecule has 55 heavy (non-hydrogen) atoms. The summed E-state index contributed by atoms with van der Waals surface area (Å²) in [6, 6.07) is 67.8. The van der Waals surface area contributed by atoms with Gasteiger partial charge in [0.05, 0.1) is 38.8 Å². The van der Waals surface area contributed by atoms with Gasteiger partial charge in [-0.15, -0.1) is 0 Å². The van der Waals surface area contributed by atoms with Crippen LogP contribution in [0, 0.1) is 13.8 Å². The molecule has 0 saturated heterocycles. The Balaban J connectivity index is 0.000000395. The summed E-state index contributed by atoms with van der Waals surface area (Å²) in [5, 5.41) is 7.56. The molecule has 0 atom stereocenters. The molecule has 11 aromatic rings. The first kappa shape index (κ1) is 34.0. The zero-order valence-corrected chi connectivity index (χ0v) is 31.7. The maximum atomic E-state index is 2.49. The minimum absolute atomic E-state index is 1.17. The van der Waals surface area contributed by atoms with Crippen LogP contribution in [0.15, 0.2) is 188 Å². The van der Waals surface area contributed by atoms with E-state index >= 15 is 0 Å². The predicted molar refractivity (Wildman–Crippen MR) is 237 cm³/mol. The highest BCUT2D eigenvalue weighted by Crippen LogP contribution is 2.44. The summed E-state index contributed by atoms with van der Waals surface area (Å²) in [6.45, 7) is 8.25. The van der Waals surface area contributed by atoms with Gasteiger partial charge < -0.3 is 13.7 Å². The Kier molecular flexibility index (Phi) is 8.76. The first-order valence-corrected chi connectivity index (χ1v) is 19.3. The Labute approximate surface area is 321 Å². The van der Waals surface area contributed by atoms with Gasteiger partial charge in [0.15, 0.2) is 0 Å². The van der Waals surface area contributed by atoms with Crippen LogP contribution in [0.2, 0.25) is 0 Å². The Morgan fingerprint density at radius 1 is 0.309 bits per heavy atom. The molecule has 0 amide bonds. The van der Waals surface area contributed by atoms with Gasteiger partial charge in [0.1, 0.15) is 0 Å². The zero-order valence-electron chi connectivity index (χ0n) is 31.7. The number of hydrogen-bond acceptors (Lipinski definition) is 0. The second kappa shape index (κ2) is 14.2. The summed E-state index contributed by atoms with van der Waals surface area (Å²) in [4.78, 5) is 0. The molecule has 3 heteroatoms. The molecular weight excluding hydrogens is 667 g/mol. The molecule has 266 valence electrons. The third-order valence-corrected chi connectivity index (χ3v) is 10.6. The maximum absolute atomic E-state index is 2.49. The highest BCUT2D eigenvalue weighted by atomic mass is 15.0. The summed E-state index contributed by atoms with van der Waals surface area (Å²) in [5.74, 6) is 0. The minimum Gasteiger partial charge on any atom is -0.309 e. The standard InChI is InChI=1S/C43H29N3.C7H8.C2H6/c1-28-13-11-16-30(27-28)44-36-21-9-6-18-33(36)41-38(44)23-12-24-39(41)46-37-22-10-7-19-34(37)42-40(46)26-25-32-31-17-5-8-20-35(31)45(43(32)42)29-14-3-2-4-15-29;1-7-5-3-2-4-6-7;1-2/h2-27H,1H3;2-6H,1H3;1-2H3. The van der Waals surface area contributed by atoms with Crippen molar-refractivity contribution in [3.8, 4) is 17.1 Å². The van der Waals surface area contributed by atoms with Gasteiger partial charge in [0.25, 0.3) is 0 Å². The Hall–Kier alpha value is -6.84. The van der Waals surface area contributed by atoms with Crippen molar-refractivity contribution in [3.63, 3.8) is 0 Å². The van der Waals surface area contributed by atoms with E-state index in [0.29, 0.717) is 0 Å². The van der Waals surface area contributed by atoms with Crippen LogP contribution in [0.3, 0.4) is 0 Å². The molecule has 0 radical (unpaired) electrons. The molecular formula is C52H43N3. The normalized spacial score (nSPS) is 11.3. The molecule has 0 aliphatic carbocycles. The molecule has 11 rings (SSSR count). The van der Waals surface area contributed by atoms with Crippen molar-refractivity contribution in [2.45, 2.75) is 27.7 Å². The molecule has 0 unspecified atom stereocenters. The summed E-state index contributed by atoms with van der Waals surface area (Å²) < 4.78 is 7.36. The van der Waals surface area contributed by atoms with E-state index < -0.39 is 0 Å². The smallest absolute Gasteiger partial charge is 0.0641 e. The van der Waals surface area contributed by atoms with Crippen LogP contribution in [0.4, 0.5) is 0 Å². The molecule has 0 fully saturated rings. The zero-order chi connectivity index (χ0) is 37.5. The van der Waals surface area contributed by atoms with Crippen LogP contribution in [-0.2, 0) is 0 Å². The van der Waals surface area contributed by atoms with Gasteiger partial charge in [-0.2, -0.15) is 0 Å². The van der Waals surface area contributed by atoms with Crippen molar-refractivity contribution >= 4 is 65.4 Å². The SMILES string of the molecule is CC.Cc1cccc(-n2c3ccccc3c3c(-n4c5ccccc5c5c4ccc4c6ccccc6n(-c6ccccc6)c45)cccc32)c1.Cc1ccccc1. The number of aromatic nitrogens is 3. The monoisotopic (exact) mass is 709 g/mol. The third kappa shape index (κ3) is 5.59. The fourth-order valence-corrected chi connectivity index (χ4v) is 8.38. The predicted octanol–water partition coefficient (Wildman–Crippen LogP) is 14.3. The lowest BCUT2D eigenvalue weighted by atomic mass is 10.1. The Morgan fingerprint density at radius 3 is 1.45 bits per heavy atom. The van der Waals surface area contributed by atoms with Gasteiger partial charge >= 0.3 is 0 Å². The van der Waals surface area contributed by atoms with Gasteiger partial charge in [0.2, 0.25) is 0 Å². The quantitative estimate of drug-likeness (QED) is 0.173. The lowest BCUT2D eigenvalue weighted by Crippen LogP contribution is -1.97. The van der Waals surface area contributed by atoms with Crippen molar-refractivity contribution in [2.75, 3.05) is 0 Å². The van der Waals surface area contributed by atoms with Crippen molar-refractivity contribution in [3.05, 3.63) is 199 Å². The summed E-state index contributed by atoms with van der Waals surface area (Å²) in [5.41, 5.74) is 13.4. The van der Waals surface area contributed by atoms with E-state index in [-0.39, 0.29) is 0 Å². The molecule has 3 heterocycles. The number of fused-ring (bicyclic) bond motifs is 10. The van der Waals surface area contributed by atoms with E-state index in [1.807, 2.05) is 32.0 Å². The fraction of sp³-hybridized carbons (Fsp3) is 0.0769. The second-order valence-corrected chi connectivity index (χ2v) is 13.9. The van der Waals surface area contributed by atoms with Crippen molar-refractivity contribution in [1.29, 1.82) is 0 Å². The van der Waals surface area contributed by atoms with E-state index in [2.05, 4.69) is 197 Å². The molecule has 8 aromatic carbocycles. The lowest BCUT2D eigenvalue weighted by molar-refractivity contribution is 1.16. The minimum atomic E-state index is 1.17. The fourth-order valence-electron chi connectivity index (χ4n) is 8.38. The number of para-hydroxylation sites is 4. The topological polar surface area (TPSA) is 14.8 Å². The molecule has 0 aliphatic rings. The average Bonchev–Trinajstić information content (AvgIpc) is 3.88. The molecule has 0 bridgehead atoms. The average molecular weight is 710 g/mol. The first-order chi connectivity index (χ1) is 27.2. The van der Waals surface area contributed by atoms with E-state index in [9.17, 15) is 0 Å². The summed E-state index contributed by atoms with van der Waals surface area (Å²) >= 11 is 0. The van der Waals surface area contributed by atoms with E-state index in [1.165, 1.54) is 93.6 Å². The van der Waals surface area contributed by atoms with Crippen LogP contribution in [0.1, 0.15) is 25.0 Å². The van der Waals surface area contributed by atoms with Crippen LogP contribution >= 0.6 is 0 Å². The van der Waals surface area contributed by atoms with Crippen molar-refractivity contribution < 1.29 is 0 Å². The van der Waals surface area contributed by atoms with E-state index in [1.54, 1.807) is 0 Å². The highest BCUT2D eigenvalue weighted by molar-refractivity contribution is 6.27. The van der Waals surface area contributed by atoms with E-state index in [4.69, 9.17) is 0 Å². The molecule has 3 nitrogen and oxygen atoms in total. The lowest BCUT2D eigenvalue weighted by Gasteiger charge is -2.12. The number of aryl methyl sites for hydroxylation is 2. The molecule has 0 N–H and O–H groups in total. The number of hydrogen-bond donors (Lipinski definition) is 0. The summed E-state index contributed by atoms with van der Waals surface area (Å²) in [7, 11) is 0. The Bertz CT molecular complexity index is 3120. The van der Waals surface area contributed by atoms with Gasteiger partial charge in [-0.3, -0.25) is 0 Å². The van der Waals surface area contributed by atoms with Crippen LogP contribution in [-0.4, -0.2) is 13.7 Å². The second-order valence-electron chi connectivity index (χ2n) is 13.9. The van der Waals surface area contributed by atoms with Gasteiger partial charge in [-0.25, -0.2) is 0 Å². The Morgan fingerprint density at radius 2 is 0.800 bits per heavy atom. The van der Waals surface area contributed by atoms with Crippen molar-refractivity contribution in [1.82, 2.24) is 13.7 Å². The van der Waals surface area contributed by atoms with Crippen LogP contribution < -0.4 is 0 Å². The highest BCUT2D eigenvalue weighted by Gasteiger charge is 2.23. The van der Waals surface area contributed by atoms with Gasteiger partial charge in [-0.05, 0) is 80.1 Å². The summed E-state index contributed by atoms with van der Waals surface area (Å²) in [6.07, 6.45) is 0. The number of rotatable bonds is 3. The largest absolute Gasteiger partial charge is 0.309 e. The first-order valence-electron chi connectivity index (χ1n) is 19.3. The number of nitrogens with zero attached hydrogens (tertiary/aromatic N) is 3.